The van der Waals surface area contributed by atoms with Crippen molar-refractivity contribution in [2.45, 2.75) is 26.2 Å². The maximum Gasteiger partial charge on any atom is 0.339 e. The van der Waals surface area contributed by atoms with Crippen molar-refractivity contribution < 1.29 is 18.7 Å². The maximum absolute atomic E-state index is 12.9. The summed E-state index contributed by atoms with van der Waals surface area (Å²) in [7, 11) is 0. The molecule has 0 amide bonds. The molecule has 0 radical (unpaired) electrons. The van der Waals surface area contributed by atoms with Crippen molar-refractivity contribution in [1.82, 2.24) is 9.97 Å². The van der Waals surface area contributed by atoms with Gasteiger partial charge in [-0.15, -0.1) is 0 Å². The van der Waals surface area contributed by atoms with E-state index < -0.39 is 23.7 Å². The van der Waals surface area contributed by atoms with Gasteiger partial charge in [0.2, 0.25) is 0 Å². The fraction of sp³-hybridized carbons (Fsp3) is 0.267. The van der Waals surface area contributed by atoms with E-state index in [1.54, 1.807) is 12.1 Å². The number of alkyl halides is 2. The average molecular weight is 292 g/mol. The lowest BCUT2D eigenvalue weighted by Crippen LogP contribution is -2.08. The van der Waals surface area contributed by atoms with E-state index in [9.17, 15) is 13.6 Å². The van der Waals surface area contributed by atoms with Crippen LogP contribution in [-0.4, -0.2) is 21.0 Å². The lowest BCUT2D eigenvalue weighted by molar-refractivity contribution is 0.0681. The minimum absolute atomic E-state index is 0.0885. The third kappa shape index (κ3) is 3.21. The molecule has 0 fully saturated rings. The quantitative estimate of drug-likeness (QED) is 0.928. The molecule has 0 unspecified atom stereocenters. The van der Waals surface area contributed by atoms with Crippen molar-refractivity contribution in [3.05, 3.63) is 47.3 Å². The molecule has 0 aliphatic rings. The number of carbonyl (C=O) groups is 1. The smallest absolute Gasteiger partial charge is 0.339 e. The van der Waals surface area contributed by atoms with Crippen LogP contribution >= 0.6 is 0 Å². The molecule has 2 aromatic rings. The van der Waals surface area contributed by atoms with E-state index in [1.165, 1.54) is 0 Å². The number of carboxylic acids is 1. The number of benzene rings is 1. The zero-order valence-corrected chi connectivity index (χ0v) is 11.5. The van der Waals surface area contributed by atoms with E-state index in [-0.39, 0.29) is 5.82 Å². The van der Waals surface area contributed by atoms with Crippen LogP contribution in [-0.2, 0) is 0 Å². The molecular formula is C15H14F2N2O2. The van der Waals surface area contributed by atoms with Crippen molar-refractivity contribution >= 4 is 5.97 Å². The second-order valence-corrected chi connectivity index (χ2v) is 4.88. The molecule has 6 heteroatoms. The molecule has 0 saturated heterocycles. The van der Waals surface area contributed by atoms with Crippen LogP contribution in [0.15, 0.2) is 30.5 Å². The Balaban J connectivity index is 2.45. The molecule has 0 saturated carbocycles. The van der Waals surface area contributed by atoms with Crippen LogP contribution in [0.5, 0.6) is 0 Å². The summed E-state index contributed by atoms with van der Waals surface area (Å²) in [6, 6.07) is 7.22. The second kappa shape index (κ2) is 5.95. The van der Waals surface area contributed by atoms with Crippen LogP contribution in [0.3, 0.4) is 0 Å². The Kier molecular flexibility index (Phi) is 4.26. The molecule has 1 aromatic heterocycles. The molecule has 0 spiro atoms. The van der Waals surface area contributed by atoms with Crippen molar-refractivity contribution in [1.29, 1.82) is 0 Å². The number of aromatic nitrogens is 2. The highest BCUT2D eigenvalue weighted by atomic mass is 19.3. The fourth-order valence-electron chi connectivity index (χ4n) is 1.88. The van der Waals surface area contributed by atoms with Gasteiger partial charge in [0.15, 0.2) is 5.82 Å². The number of carboxylic acid groups (broad SMARTS) is 1. The molecular weight excluding hydrogens is 278 g/mol. The first-order valence-corrected chi connectivity index (χ1v) is 6.39. The van der Waals surface area contributed by atoms with Gasteiger partial charge in [0, 0.05) is 11.8 Å². The van der Waals surface area contributed by atoms with E-state index in [4.69, 9.17) is 5.11 Å². The van der Waals surface area contributed by atoms with E-state index in [1.807, 2.05) is 26.0 Å². The molecule has 1 aromatic carbocycles. The number of hydrogen-bond donors (Lipinski definition) is 1. The number of halogens is 2. The summed E-state index contributed by atoms with van der Waals surface area (Å²) in [6.45, 7) is 4.09. The number of hydrogen-bond acceptors (Lipinski definition) is 3. The molecule has 1 N–H and O–H groups in total. The third-order valence-corrected chi connectivity index (χ3v) is 3.09. The zero-order chi connectivity index (χ0) is 15.6. The van der Waals surface area contributed by atoms with E-state index in [0.29, 0.717) is 11.5 Å². The van der Waals surface area contributed by atoms with E-state index in [2.05, 4.69) is 9.97 Å². The number of rotatable bonds is 4. The summed E-state index contributed by atoms with van der Waals surface area (Å²) >= 11 is 0. The Morgan fingerprint density at radius 3 is 2.29 bits per heavy atom. The molecule has 110 valence electrons. The van der Waals surface area contributed by atoms with Gasteiger partial charge in [-0.3, -0.25) is 0 Å². The molecule has 21 heavy (non-hydrogen) atoms. The zero-order valence-electron chi connectivity index (χ0n) is 11.5. The number of nitrogens with zero attached hydrogens (tertiary/aromatic N) is 2. The Hall–Kier alpha value is -2.37. The maximum atomic E-state index is 12.9. The van der Waals surface area contributed by atoms with Crippen LogP contribution in [0.2, 0.25) is 0 Å². The minimum Gasteiger partial charge on any atom is -0.478 e. The summed E-state index contributed by atoms with van der Waals surface area (Å²) in [4.78, 5) is 18.4. The Bertz CT molecular complexity index is 655. The van der Waals surface area contributed by atoms with Crippen LogP contribution in [0, 0.1) is 0 Å². The Morgan fingerprint density at radius 2 is 1.81 bits per heavy atom. The number of aromatic carboxylic acids is 1. The first kappa shape index (κ1) is 15.0. The van der Waals surface area contributed by atoms with Crippen molar-refractivity contribution in [3.8, 4) is 11.4 Å². The van der Waals surface area contributed by atoms with Gasteiger partial charge in [-0.25, -0.2) is 23.5 Å². The van der Waals surface area contributed by atoms with Gasteiger partial charge in [-0.05, 0) is 11.5 Å². The Morgan fingerprint density at radius 1 is 1.19 bits per heavy atom. The Labute approximate surface area is 120 Å². The summed E-state index contributed by atoms with van der Waals surface area (Å²) in [5.74, 6) is -1.02. The summed E-state index contributed by atoms with van der Waals surface area (Å²) in [5.41, 5.74) is 0.334. The topological polar surface area (TPSA) is 63.1 Å². The van der Waals surface area contributed by atoms with E-state index >= 15 is 0 Å². The van der Waals surface area contributed by atoms with Crippen molar-refractivity contribution in [3.63, 3.8) is 0 Å². The van der Waals surface area contributed by atoms with Crippen LogP contribution in [0.4, 0.5) is 8.78 Å². The summed E-state index contributed by atoms with van der Waals surface area (Å²) in [5, 5.41) is 8.86. The molecule has 0 bridgehead atoms. The van der Waals surface area contributed by atoms with Gasteiger partial charge in [0.05, 0.1) is 0 Å². The highest BCUT2D eigenvalue weighted by molar-refractivity contribution is 5.88. The van der Waals surface area contributed by atoms with Gasteiger partial charge >= 0.3 is 5.97 Å². The van der Waals surface area contributed by atoms with Crippen molar-refractivity contribution in [2.75, 3.05) is 0 Å². The first-order valence-electron chi connectivity index (χ1n) is 6.39. The predicted molar refractivity (Wildman–Crippen MR) is 73.5 cm³/mol. The lowest BCUT2D eigenvalue weighted by Gasteiger charge is -2.08. The molecule has 0 aliphatic heterocycles. The van der Waals surface area contributed by atoms with Gasteiger partial charge in [-0.2, -0.15) is 0 Å². The van der Waals surface area contributed by atoms with Gasteiger partial charge in [0.25, 0.3) is 6.43 Å². The van der Waals surface area contributed by atoms with Crippen LogP contribution < -0.4 is 0 Å². The van der Waals surface area contributed by atoms with Crippen LogP contribution in [0.25, 0.3) is 11.4 Å². The molecule has 4 nitrogen and oxygen atoms in total. The second-order valence-electron chi connectivity index (χ2n) is 4.88. The summed E-state index contributed by atoms with van der Waals surface area (Å²) in [6.07, 6.45) is -2.05. The first-order chi connectivity index (χ1) is 9.90. The van der Waals surface area contributed by atoms with Crippen molar-refractivity contribution in [2.24, 2.45) is 0 Å². The predicted octanol–water partition coefficient (Wildman–Crippen LogP) is 3.90. The van der Waals surface area contributed by atoms with Crippen LogP contribution in [0.1, 0.15) is 47.8 Å². The fourth-order valence-corrected chi connectivity index (χ4v) is 1.88. The standard InChI is InChI=1S/C15H14F2N2O2/c1-8(2)9-3-5-10(6-4-9)14-18-7-11(15(20)21)12(19-14)13(16)17/h3-8,13H,1-2H3,(H,20,21). The highest BCUT2D eigenvalue weighted by Gasteiger charge is 2.21. The average Bonchev–Trinajstić information content (AvgIpc) is 2.46. The molecule has 0 atom stereocenters. The van der Waals surface area contributed by atoms with Gasteiger partial charge in [-0.1, -0.05) is 38.1 Å². The molecule has 1 heterocycles. The highest BCUT2D eigenvalue weighted by Crippen LogP contribution is 2.25. The SMILES string of the molecule is CC(C)c1ccc(-c2ncc(C(=O)O)c(C(F)F)n2)cc1. The normalized spacial score (nSPS) is 11.1. The lowest BCUT2D eigenvalue weighted by atomic mass is 10.0. The van der Waals surface area contributed by atoms with E-state index in [0.717, 1.165) is 11.8 Å². The largest absolute Gasteiger partial charge is 0.478 e. The third-order valence-electron chi connectivity index (χ3n) is 3.09. The summed E-state index contributed by atoms with van der Waals surface area (Å²) < 4.78 is 25.8. The monoisotopic (exact) mass is 292 g/mol. The van der Waals surface area contributed by atoms with Gasteiger partial charge in [0.1, 0.15) is 11.3 Å². The van der Waals surface area contributed by atoms with Gasteiger partial charge < -0.3 is 5.11 Å². The molecule has 0 aliphatic carbocycles. The molecule has 2 rings (SSSR count). The minimum atomic E-state index is -2.97.